The molecular weight excluding hydrogens is 415 g/mol. The summed E-state index contributed by atoms with van der Waals surface area (Å²) in [6.07, 6.45) is 0. The second-order valence-corrected chi connectivity index (χ2v) is 8.33. The summed E-state index contributed by atoms with van der Waals surface area (Å²) in [6, 6.07) is 13.6. The van der Waals surface area contributed by atoms with Gasteiger partial charge in [-0.2, -0.15) is 5.10 Å². The van der Waals surface area contributed by atoms with Crippen molar-refractivity contribution in [3.05, 3.63) is 76.0 Å². The Labute approximate surface area is 182 Å². The second kappa shape index (κ2) is 8.31. The molecule has 2 heterocycles. The van der Waals surface area contributed by atoms with E-state index in [-0.39, 0.29) is 24.2 Å². The van der Waals surface area contributed by atoms with Gasteiger partial charge in [-0.05, 0) is 62.2 Å². The molecule has 0 radical (unpaired) electrons. The van der Waals surface area contributed by atoms with Gasteiger partial charge in [0.1, 0.15) is 10.6 Å². The zero-order chi connectivity index (χ0) is 22.1. The first kappa shape index (κ1) is 20.7. The number of para-hydroxylation sites is 1. The third-order valence-electron chi connectivity index (χ3n) is 4.99. The van der Waals surface area contributed by atoms with Crippen molar-refractivity contribution in [1.29, 1.82) is 0 Å². The van der Waals surface area contributed by atoms with Gasteiger partial charge >= 0.3 is 0 Å². The minimum absolute atomic E-state index is 0.135. The van der Waals surface area contributed by atoms with Gasteiger partial charge < -0.3 is 10.6 Å². The average molecular weight is 437 g/mol. The van der Waals surface area contributed by atoms with Crippen LogP contribution in [-0.2, 0) is 4.79 Å². The first-order valence-corrected chi connectivity index (χ1v) is 10.5. The lowest BCUT2D eigenvalue weighted by Crippen LogP contribution is -2.32. The number of carbonyl (C=O) groups is 2. The smallest absolute Gasteiger partial charge is 0.261 e. The average Bonchev–Trinajstić information content (AvgIpc) is 3.30. The number of nitrogens with one attached hydrogen (secondary N) is 2. The van der Waals surface area contributed by atoms with Crippen molar-refractivity contribution in [2.75, 3.05) is 11.9 Å². The number of amides is 2. The number of carbonyl (C=O) groups excluding carboxylic acids is 2. The first-order valence-electron chi connectivity index (χ1n) is 9.73. The summed E-state index contributed by atoms with van der Waals surface area (Å²) in [7, 11) is 0. The highest BCUT2D eigenvalue weighted by atomic mass is 32.1. The van der Waals surface area contributed by atoms with Crippen LogP contribution in [0.1, 0.15) is 26.5 Å². The molecular formula is C23H21FN4O2S. The molecule has 0 aliphatic rings. The van der Waals surface area contributed by atoms with Crippen LogP contribution >= 0.6 is 11.3 Å². The Kier molecular flexibility index (Phi) is 5.56. The minimum Gasteiger partial charge on any atom is -0.342 e. The summed E-state index contributed by atoms with van der Waals surface area (Å²) in [5, 5.41) is 10.9. The molecule has 4 aromatic rings. The maximum absolute atomic E-state index is 13.3. The SMILES string of the molecule is Cc1cccc(C)c1NC(=O)CNC(=O)c1cc2c(C)nn(-c3ccc(F)cc3)c2s1. The summed E-state index contributed by atoms with van der Waals surface area (Å²) in [5.74, 6) is -0.947. The zero-order valence-electron chi connectivity index (χ0n) is 17.3. The lowest BCUT2D eigenvalue weighted by atomic mass is 10.1. The van der Waals surface area contributed by atoms with Gasteiger partial charge in [0, 0.05) is 11.1 Å². The molecule has 8 heteroatoms. The van der Waals surface area contributed by atoms with E-state index in [2.05, 4.69) is 15.7 Å². The third-order valence-corrected chi connectivity index (χ3v) is 6.10. The molecule has 0 saturated carbocycles. The van der Waals surface area contributed by atoms with Gasteiger partial charge in [-0.15, -0.1) is 11.3 Å². The number of anilines is 1. The van der Waals surface area contributed by atoms with Gasteiger partial charge in [0.05, 0.1) is 22.8 Å². The minimum atomic E-state index is -0.331. The molecule has 4 rings (SSSR count). The molecule has 0 aliphatic heterocycles. The summed E-state index contributed by atoms with van der Waals surface area (Å²) < 4.78 is 14.9. The van der Waals surface area contributed by atoms with Crippen LogP contribution in [0.4, 0.5) is 10.1 Å². The molecule has 6 nitrogen and oxygen atoms in total. The first-order chi connectivity index (χ1) is 14.8. The fourth-order valence-electron chi connectivity index (χ4n) is 3.36. The van der Waals surface area contributed by atoms with Gasteiger partial charge in [-0.25, -0.2) is 9.07 Å². The summed E-state index contributed by atoms with van der Waals surface area (Å²) in [5.41, 5.74) is 4.16. The third kappa shape index (κ3) is 4.20. The van der Waals surface area contributed by atoms with E-state index < -0.39 is 0 Å². The Balaban J connectivity index is 1.49. The van der Waals surface area contributed by atoms with Crippen LogP contribution in [0.25, 0.3) is 15.9 Å². The number of hydrogen-bond donors (Lipinski definition) is 2. The maximum Gasteiger partial charge on any atom is 0.261 e. The van der Waals surface area contributed by atoms with Crippen LogP contribution in [-0.4, -0.2) is 28.1 Å². The number of benzene rings is 2. The van der Waals surface area contributed by atoms with Crippen molar-refractivity contribution in [3.8, 4) is 5.69 Å². The monoisotopic (exact) mass is 436 g/mol. The van der Waals surface area contributed by atoms with Crippen LogP contribution in [0.5, 0.6) is 0 Å². The van der Waals surface area contributed by atoms with Gasteiger partial charge in [0.15, 0.2) is 0 Å². The fourth-order valence-corrected chi connectivity index (χ4v) is 4.46. The molecule has 0 saturated heterocycles. The van der Waals surface area contributed by atoms with E-state index in [1.807, 2.05) is 39.0 Å². The number of aromatic nitrogens is 2. The standard InChI is InChI=1S/C23H21FN4O2S/c1-13-5-4-6-14(2)21(13)26-20(29)12-25-22(30)19-11-18-15(3)27-28(23(18)31-19)17-9-7-16(24)8-10-17/h4-11H,12H2,1-3H3,(H,25,30)(H,26,29). The van der Waals surface area contributed by atoms with Crippen LogP contribution in [0, 0.1) is 26.6 Å². The molecule has 2 aromatic heterocycles. The predicted octanol–water partition coefficient (Wildman–Crippen LogP) is 4.52. The molecule has 2 amide bonds. The molecule has 31 heavy (non-hydrogen) atoms. The van der Waals surface area contributed by atoms with Gasteiger partial charge in [0.25, 0.3) is 5.91 Å². The summed E-state index contributed by atoms with van der Waals surface area (Å²) in [6.45, 7) is 5.56. The van der Waals surface area contributed by atoms with Crippen LogP contribution in [0.2, 0.25) is 0 Å². The molecule has 0 aliphatic carbocycles. The van der Waals surface area contributed by atoms with Gasteiger partial charge in [-0.3, -0.25) is 9.59 Å². The normalized spacial score (nSPS) is 11.0. The number of nitrogens with zero attached hydrogens (tertiary/aromatic N) is 2. The number of rotatable bonds is 5. The highest BCUT2D eigenvalue weighted by molar-refractivity contribution is 7.20. The Hall–Kier alpha value is -3.52. The quantitative estimate of drug-likeness (QED) is 0.483. The van der Waals surface area contributed by atoms with Crippen molar-refractivity contribution in [2.24, 2.45) is 0 Å². The maximum atomic E-state index is 13.3. The number of hydrogen-bond acceptors (Lipinski definition) is 4. The number of aryl methyl sites for hydroxylation is 3. The molecule has 0 fully saturated rings. The van der Waals surface area contributed by atoms with E-state index in [0.29, 0.717) is 10.6 Å². The van der Waals surface area contributed by atoms with E-state index in [1.165, 1.54) is 23.5 Å². The Morgan fingerprint density at radius 2 is 1.74 bits per heavy atom. The van der Waals surface area contributed by atoms with E-state index >= 15 is 0 Å². The summed E-state index contributed by atoms with van der Waals surface area (Å²) in [4.78, 5) is 26.2. The largest absolute Gasteiger partial charge is 0.342 e. The van der Waals surface area contributed by atoms with Crippen molar-refractivity contribution in [1.82, 2.24) is 15.1 Å². The van der Waals surface area contributed by atoms with Crippen LogP contribution < -0.4 is 10.6 Å². The van der Waals surface area contributed by atoms with Gasteiger partial charge in [-0.1, -0.05) is 18.2 Å². The Morgan fingerprint density at radius 3 is 2.42 bits per heavy atom. The number of fused-ring (bicyclic) bond motifs is 1. The lowest BCUT2D eigenvalue weighted by molar-refractivity contribution is -0.115. The topological polar surface area (TPSA) is 76.0 Å². The number of halogens is 1. The van der Waals surface area contributed by atoms with Crippen molar-refractivity contribution < 1.29 is 14.0 Å². The van der Waals surface area contributed by atoms with E-state index in [4.69, 9.17) is 0 Å². The Bertz CT molecular complexity index is 1270. The Morgan fingerprint density at radius 1 is 1.06 bits per heavy atom. The molecule has 0 atom stereocenters. The lowest BCUT2D eigenvalue weighted by Gasteiger charge is -2.11. The highest BCUT2D eigenvalue weighted by Crippen LogP contribution is 2.30. The van der Waals surface area contributed by atoms with Crippen molar-refractivity contribution in [3.63, 3.8) is 0 Å². The molecule has 0 spiro atoms. The second-order valence-electron chi connectivity index (χ2n) is 7.30. The molecule has 158 valence electrons. The molecule has 2 N–H and O–H groups in total. The van der Waals surface area contributed by atoms with Crippen LogP contribution in [0.3, 0.4) is 0 Å². The van der Waals surface area contributed by atoms with Crippen LogP contribution in [0.15, 0.2) is 48.5 Å². The molecule has 0 bridgehead atoms. The predicted molar refractivity (Wildman–Crippen MR) is 121 cm³/mol. The van der Waals surface area contributed by atoms with E-state index in [9.17, 15) is 14.0 Å². The molecule has 2 aromatic carbocycles. The van der Waals surface area contributed by atoms with Crippen molar-refractivity contribution >= 4 is 39.1 Å². The summed E-state index contributed by atoms with van der Waals surface area (Å²) >= 11 is 1.28. The molecule has 0 unspecified atom stereocenters. The fraction of sp³-hybridized carbons (Fsp3) is 0.174. The highest BCUT2D eigenvalue weighted by Gasteiger charge is 2.18. The number of thiophene rings is 1. The van der Waals surface area contributed by atoms with Gasteiger partial charge in [0.2, 0.25) is 5.91 Å². The van der Waals surface area contributed by atoms with Crippen molar-refractivity contribution in [2.45, 2.75) is 20.8 Å². The van der Waals surface area contributed by atoms with E-state index in [0.717, 1.165) is 32.7 Å². The zero-order valence-corrected chi connectivity index (χ0v) is 18.1. The van der Waals surface area contributed by atoms with E-state index in [1.54, 1.807) is 22.9 Å².